The molecular weight excluding hydrogens is 246 g/mol. The molecule has 1 aliphatic heterocycles. The Balaban J connectivity index is 2.18. The molecule has 0 atom stereocenters. The van der Waals surface area contributed by atoms with E-state index >= 15 is 0 Å². The van der Waals surface area contributed by atoms with Gasteiger partial charge in [-0.2, -0.15) is 0 Å². The molecule has 1 aromatic rings. The lowest BCUT2D eigenvalue weighted by Gasteiger charge is -2.29. The van der Waals surface area contributed by atoms with E-state index in [4.69, 9.17) is 5.11 Å². The number of amides is 2. The molecule has 0 aliphatic carbocycles. The number of fused-ring (bicyclic) bond motifs is 1. The van der Waals surface area contributed by atoms with Crippen molar-refractivity contribution >= 4 is 12.0 Å². The van der Waals surface area contributed by atoms with E-state index in [1.807, 2.05) is 6.92 Å². The molecule has 0 spiro atoms. The number of nitrogens with zero attached hydrogens (tertiary/aromatic N) is 2. The van der Waals surface area contributed by atoms with Crippen LogP contribution in [0, 0.1) is 0 Å². The van der Waals surface area contributed by atoms with Gasteiger partial charge >= 0.3 is 12.0 Å². The van der Waals surface area contributed by atoms with E-state index in [2.05, 4.69) is 10.3 Å². The molecular formula is C13H17N3O3. The van der Waals surface area contributed by atoms with Crippen LogP contribution in [-0.4, -0.2) is 40.1 Å². The van der Waals surface area contributed by atoms with Gasteiger partial charge in [0.2, 0.25) is 0 Å². The summed E-state index contributed by atoms with van der Waals surface area (Å²) in [4.78, 5) is 28.9. The Bertz CT molecular complexity index is 502. The van der Waals surface area contributed by atoms with Crippen LogP contribution in [0.3, 0.4) is 0 Å². The minimum absolute atomic E-state index is 0.146. The van der Waals surface area contributed by atoms with Crippen LogP contribution in [0.4, 0.5) is 4.79 Å². The average molecular weight is 263 g/mol. The highest BCUT2D eigenvalue weighted by atomic mass is 16.4. The van der Waals surface area contributed by atoms with Crippen molar-refractivity contribution in [1.29, 1.82) is 0 Å². The maximum atomic E-state index is 11.9. The minimum atomic E-state index is -0.977. The summed E-state index contributed by atoms with van der Waals surface area (Å²) in [6, 6.07) is 1.34. The Morgan fingerprint density at radius 1 is 1.53 bits per heavy atom. The SMILES string of the molecule is CCCNC(=O)N1CCc2nccc(C(=O)O)c2C1. The summed E-state index contributed by atoms with van der Waals surface area (Å²) < 4.78 is 0. The summed E-state index contributed by atoms with van der Waals surface area (Å²) in [6.45, 7) is 3.48. The van der Waals surface area contributed by atoms with Gasteiger partial charge in [0, 0.05) is 37.0 Å². The maximum Gasteiger partial charge on any atom is 0.336 e. The summed E-state index contributed by atoms with van der Waals surface area (Å²) in [5.74, 6) is -0.977. The van der Waals surface area contributed by atoms with Gasteiger partial charge in [0.05, 0.1) is 12.1 Å². The van der Waals surface area contributed by atoms with Crippen molar-refractivity contribution in [3.63, 3.8) is 0 Å². The number of carboxylic acids is 1. The molecule has 0 bridgehead atoms. The Morgan fingerprint density at radius 3 is 3.00 bits per heavy atom. The highest BCUT2D eigenvalue weighted by Gasteiger charge is 2.25. The summed E-state index contributed by atoms with van der Waals surface area (Å²) in [6.07, 6.45) is 2.98. The maximum absolute atomic E-state index is 11.9. The third-order valence-corrected chi connectivity index (χ3v) is 3.16. The number of rotatable bonds is 3. The summed E-state index contributed by atoms with van der Waals surface area (Å²) in [5.41, 5.74) is 1.66. The van der Waals surface area contributed by atoms with Gasteiger partial charge in [0.15, 0.2) is 0 Å². The van der Waals surface area contributed by atoms with Crippen LogP contribution in [0.1, 0.15) is 35.0 Å². The number of urea groups is 1. The Hall–Kier alpha value is -2.11. The standard InChI is InChI=1S/C13H17N3O3/c1-2-5-15-13(19)16-7-4-11-10(8-16)9(12(17)18)3-6-14-11/h3,6H,2,4-5,7-8H2,1H3,(H,15,19)(H,17,18). The van der Waals surface area contributed by atoms with Gasteiger partial charge in [-0.1, -0.05) is 6.92 Å². The lowest BCUT2D eigenvalue weighted by molar-refractivity contribution is 0.0693. The number of hydrogen-bond donors (Lipinski definition) is 2. The summed E-state index contributed by atoms with van der Waals surface area (Å²) in [5, 5.41) is 12.0. The van der Waals surface area contributed by atoms with Gasteiger partial charge in [0.1, 0.15) is 0 Å². The van der Waals surface area contributed by atoms with Gasteiger partial charge in [-0.15, -0.1) is 0 Å². The second-order valence-electron chi connectivity index (χ2n) is 4.49. The van der Waals surface area contributed by atoms with E-state index in [9.17, 15) is 9.59 Å². The van der Waals surface area contributed by atoms with Crippen molar-refractivity contribution in [1.82, 2.24) is 15.2 Å². The molecule has 1 aliphatic rings. The first-order valence-electron chi connectivity index (χ1n) is 6.36. The van der Waals surface area contributed by atoms with Crippen molar-refractivity contribution in [2.75, 3.05) is 13.1 Å². The number of carbonyl (C=O) groups is 2. The van der Waals surface area contributed by atoms with Crippen LogP contribution in [0.5, 0.6) is 0 Å². The lowest BCUT2D eigenvalue weighted by Crippen LogP contribution is -2.43. The number of carboxylic acid groups (broad SMARTS) is 1. The number of hydrogen-bond acceptors (Lipinski definition) is 3. The van der Waals surface area contributed by atoms with Crippen LogP contribution in [0.25, 0.3) is 0 Å². The van der Waals surface area contributed by atoms with E-state index in [-0.39, 0.29) is 11.6 Å². The van der Waals surface area contributed by atoms with Gasteiger partial charge in [-0.25, -0.2) is 9.59 Å². The molecule has 0 fully saturated rings. The van der Waals surface area contributed by atoms with Crippen molar-refractivity contribution in [3.05, 3.63) is 29.1 Å². The highest BCUT2D eigenvalue weighted by Crippen LogP contribution is 2.20. The first-order valence-corrected chi connectivity index (χ1v) is 6.36. The van der Waals surface area contributed by atoms with E-state index in [0.29, 0.717) is 31.6 Å². The largest absolute Gasteiger partial charge is 0.478 e. The van der Waals surface area contributed by atoms with Crippen LogP contribution in [0.2, 0.25) is 0 Å². The van der Waals surface area contributed by atoms with E-state index in [0.717, 1.165) is 12.1 Å². The zero-order valence-electron chi connectivity index (χ0n) is 10.8. The molecule has 2 amide bonds. The molecule has 0 unspecified atom stereocenters. The number of nitrogens with one attached hydrogen (secondary N) is 1. The van der Waals surface area contributed by atoms with Crippen molar-refractivity contribution in [2.24, 2.45) is 0 Å². The zero-order chi connectivity index (χ0) is 13.8. The Labute approximate surface area is 111 Å². The molecule has 2 rings (SSSR count). The number of aromatic nitrogens is 1. The van der Waals surface area contributed by atoms with Gasteiger partial charge < -0.3 is 15.3 Å². The molecule has 0 radical (unpaired) electrons. The molecule has 19 heavy (non-hydrogen) atoms. The van der Waals surface area contributed by atoms with Crippen molar-refractivity contribution < 1.29 is 14.7 Å². The molecule has 102 valence electrons. The fourth-order valence-corrected chi connectivity index (χ4v) is 2.16. The zero-order valence-corrected chi connectivity index (χ0v) is 10.8. The average Bonchev–Trinajstić information content (AvgIpc) is 2.43. The third kappa shape index (κ3) is 2.83. The van der Waals surface area contributed by atoms with Crippen LogP contribution < -0.4 is 5.32 Å². The topological polar surface area (TPSA) is 82.5 Å². The second kappa shape index (κ2) is 5.69. The smallest absolute Gasteiger partial charge is 0.336 e. The number of aromatic carboxylic acids is 1. The van der Waals surface area contributed by atoms with E-state index in [1.54, 1.807) is 4.90 Å². The Morgan fingerprint density at radius 2 is 2.32 bits per heavy atom. The van der Waals surface area contributed by atoms with E-state index in [1.165, 1.54) is 12.3 Å². The van der Waals surface area contributed by atoms with Crippen molar-refractivity contribution in [3.8, 4) is 0 Å². The molecule has 0 aromatic carbocycles. The lowest BCUT2D eigenvalue weighted by atomic mass is 10.0. The Kier molecular flexibility index (Phi) is 3.99. The molecule has 6 nitrogen and oxygen atoms in total. The van der Waals surface area contributed by atoms with Gasteiger partial charge in [0.25, 0.3) is 0 Å². The fourth-order valence-electron chi connectivity index (χ4n) is 2.16. The number of carbonyl (C=O) groups excluding carboxylic acids is 1. The fraction of sp³-hybridized carbons (Fsp3) is 0.462. The van der Waals surface area contributed by atoms with Gasteiger partial charge in [-0.3, -0.25) is 4.98 Å². The van der Waals surface area contributed by atoms with Crippen LogP contribution >= 0.6 is 0 Å². The first-order chi connectivity index (χ1) is 9.13. The minimum Gasteiger partial charge on any atom is -0.478 e. The van der Waals surface area contributed by atoms with Crippen LogP contribution in [-0.2, 0) is 13.0 Å². The van der Waals surface area contributed by atoms with Crippen molar-refractivity contribution in [2.45, 2.75) is 26.3 Å². The molecule has 1 aromatic heterocycles. The molecule has 0 saturated carbocycles. The van der Waals surface area contributed by atoms with Gasteiger partial charge in [-0.05, 0) is 12.5 Å². The molecule has 2 heterocycles. The monoisotopic (exact) mass is 263 g/mol. The molecule has 6 heteroatoms. The van der Waals surface area contributed by atoms with E-state index < -0.39 is 5.97 Å². The first kappa shape index (κ1) is 13.3. The normalized spacial score (nSPS) is 13.8. The predicted molar refractivity (Wildman–Crippen MR) is 69.0 cm³/mol. The highest BCUT2D eigenvalue weighted by molar-refractivity contribution is 5.89. The summed E-state index contributed by atoms with van der Waals surface area (Å²) in [7, 11) is 0. The third-order valence-electron chi connectivity index (χ3n) is 3.16. The quantitative estimate of drug-likeness (QED) is 0.860. The number of pyridine rings is 1. The van der Waals surface area contributed by atoms with Crippen LogP contribution in [0.15, 0.2) is 12.3 Å². The molecule has 0 saturated heterocycles. The second-order valence-corrected chi connectivity index (χ2v) is 4.49. The molecule has 2 N–H and O–H groups in total. The summed E-state index contributed by atoms with van der Waals surface area (Å²) >= 11 is 0. The predicted octanol–water partition coefficient (Wildman–Crippen LogP) is 1.26.